The van der Waals surface area contributed by atoms with Crippen LogP contribution in [-0.4, -0.2) is 55.3 Å². The summed E-state index contributed by atoms with van der Waals surface area (Å²) in [5.74, 6) is 0.919. The van der Waals surface area contributed by atoms with Gasteiger partial charge in [0.25, 0.3) is 0 Å². The maximum atomic E-state index is 12.1. The van der Waals surface area contributed by atoms with E-state index in [1.165, 1.54) is 0 Å². The third-order valence-corrected chi connectivity index (χ3v) is 4.20. The Morgan fingerprint density at radius 3 is 2.64 bits per heavy atom. The Kier molecular flexibility index (Phi) is 5.19. The van der Waals surface area contributed by atoms with Crippen LogP contribution in [0.15, 0.2) is 4.99 Å². The first-order chi connectivity index (χ1) is 10.3. The molecule has 0 atom stereocenters. The van der Waals surface area contributed by atoms with Crippen LogP contribution in [-0.2, 0) is 4.74 Å². The lowest BCUT2D eigenvalue weighted by Crippen LogP contribution is -2.50. The van der Waals surface area contributed by atoms with Gasteiger partial charge in [-0.05, 0) is 45.4 Å². The summed E-state index contributed by atoms with van der Waals surface area (Å²) in [6.07, 6.45) is 2.87. The molecule has 22 heavy (non-hydrogen) atoms. The van der Waals surface area contributed by atoms with Gasteiger partial charge < -0.3 is 20.3 Å². The zero-order valence-electron chi connectivity index (χ0n) is 14.4. The molecule has 126 valence electrons. The second kappa shape index (κ2) is 6.75. The van der Waals surface area contributed by atoms with Gasteiger partial charge in [0.05, 0.1) is 0 Å². The summed E-state index contributed by atoms with van der Waals surface area (Å²) < 4.78 is 5.44. The molecule has 0 saturated carbocycles. The van der Waals surface area contributed by atoms with E-state index in [0.717, 1.165) is 57.9 Å². The molecule has 0 radical (unpaired) electrons. The number of carbonyl (C=O) groups is 1. The normalized spacial score (nSPS) is 21.6. The minimum absolute atomic E-state index is 0.194. The SMILES string of the molecule is CC1(CNC2=NCCCN2)CCN(C(=O)OC(C)(C)C)CC1. The van der Waals surface area contributed by atoms with Gasteiger partial charge in [0, 0.05) is 32.7 Å². The Morgan fingerprint density at radius 1 is 1.41 bits per heavy atom. The van der Waals surface area contributed by atoms with E-state index >= 15 is 0 Å². The molecule has 0 unspecified atom stereocenters. The molecule has 0 spiro atoms. The Bertz CT molecular complexity index is 420. The van der Waals surface area contributed by atoms with Crippen molar-refractivity contribution in [2.45, 2.75) is 52.6 Å². The first-order valence-electron chi connectivity index (χ1n) is 8.28. The van der Waals surface area contributed by atoms with E-state index in [9.17, 15) is 4.79 Å². The maximum absolute atomic E-state index is 12.1. The van der Waals surface area contributed by atoms with Crippen LogP contribution in [0.1, 0.15) is 47.0 Å². The summed E-state index contributed by atoms with van der Waals surface area (Å²) >= 11 is 0. The van der Waals surface area contributed by atoms with Crippen molar-refractivity contribution in [3.63, 3.8) is 0 Å². The van der Waals surface area contributed by atoms with Crippen LogP contribution in [0.3, 0.4) is 0 Å². The molecule has 6 heteroatoms. The summed E-state index contributed by atoms with van der Waals surface area (Å²) in [7, 11) is 0. The minimum Gasteiger partial charge on any atom is -0.444 e. The predicted octanol–water partition coefficient (Wildman–Crippen LogP) is 1.96. The lowest BCUT2D eigenvalue weighted by molar-refractivity contribution is 0.0123. The number of piperidine rings is 1. The maximum Gasteiger partial charge on any atom is 0.410 e. The lowest BCUT2D eigenvalue weighted by atomic mass is 9.80. The molecule has 6 nitrogen and oxygen atoms in total. The summed E-state index contributed by atoms with van der Waals surface area (Å²) in [6.45, 7) is 12.3. The molecule has 0 aromatic carbocycles. The molecule has 0 aromatic rings. The lowest BCUT2D eigenvalue weighted by Gasteiger charge is -2.40. The van der Waals surface area contributed by atoms with E-state index in [1.54, 1.807) is 0 Å². The smallest absolute Gasteiger partial charge is 0.410 e. The van der Waals surface area contributed by atoms with Gasteiger partial charge in [0.1, 0.15) is 5.60 Å². The average Bonchev–Trinajstić information content (AvgIpc) is 2.45. The Hall–Kier alpha value is -1.46. The summed E-state index contributed by atoms with van der Waals surface area (Å²) in [5.41, 5.74) is -0.232. The van der Waals surface area contributed by atoms with Crippen LogP contribution in [0.5, 0.6) is 0 Å². The van der Waals surface area contributed by atoms with Crippen molar-refractivity contribution >= 4 is 12.1 Å². The molecular weight excluding hydrogens is 280 g/mol. The summed E-state index contributed by atoms with van der Waals surface area (Å²) in [6, 6.07) is 0. The van der Waals surface area contributed by atoms with Crippen molar-refractivity contribution < 1.29 is 9.53 Å². The van der Waals surface area contributed by atoms with Crippen molar-refractivity contribution in [1.29, 1.82) is 0 Å². The van der Waals surface area contributed by atoms with Crippen LogP contribution in [0, 0.1) is 5.41 Å². The zero-order valence-corrected chi connectivity index (χ0v) is 14.4. The van der Waals surface area contributed by atoms with E-state index in [0.29, 0.717) is 0 Å². The number of likely N-dealkylation sites (tertiary alicyclic amines) is 1. The predicted molar refractivity (Wildman–Crippen MR) is 88.1 cm³/mol. The highest BCUT2D eigenvalue weighted by Gasteiger charge is 2.33. The molecule has 1 fully saturated rings. The van der Waals surface area contributed by atoms with Crippen LogP contribution in [0.2, 0.25) is 0 Å². The number of rotatable bonds is 2. The molecule has 2 aliphatic heterocycles. The average molecular weight is 310 g/mol. The topological polar surface area (TPSA) is 66.0 Å². The van der Waals surface area contributed by atoms with Crippen LogP contribution < -0.4 is 10.6 Å². The zero-order chi connectivity index (χ0) is 16.2. The van der Waals surface area contributed by atoms with Gasteiger partial charge in [-0.3, -0.25) is 4.99 Å². The molecule has 2 aliphatic rings. The minimum atomic E-state index is -0.426. The number of hydrogen-bond acceptors (Lipinski definition) is 5. The highest BCUT2D eigenvalue weighted by Crippen LogP contribution is 2.30. The van der Waals surface area contributed by atoms with Gasteiger partial charge in [-0.25, -0.2) is 4.79 Å². The number of guanidine groups is 1. The first-order valence-corrected chi connectivity index (χ1v) is 8.28. The third kappa shape index (κ3) is 5.07. The Balaban J connectivity index is 1.77. The molecule has 1 saturated heterocycles. The van der Waals surface area contributed by atoms with Crippen molar-refractivity contribution in [3.05, 3.63) is 0 Å². The van der Waals surface area contributed by atoms with Crippen molar-refractivity contribution in [1.82, 2.24) is 15.5 Å². The summed E-state index contributed by atoms with van der Waals surface area (Å²) in [4.78, 5) is 18.4. The molecular formula is C16H30N4O2. The monoisotopic (exact) mass is 310 g/mol. The summed E-state index contributed by atoms with van der Waals surface area (Å²) in [5, 5.41) is 6.70. The van der Waals surface area contributed by atoms with Gasteiger partial charge in [-0.2, -0.15) is 0 Å². The van der Waals surface area contributed by atoms with Crippen molar-refractivity contribution in [2.24, 2.45) is 10.4 Å². The van der Waals surface area contributed by atoms with E-state index in [4.69, 9.17) is 4.74 Å². The fourth-order valence-electron chi connectivity index (χ4n) is 2.68. The standard InChI is InChI=1S/C16H30N4O2/c1-15(2,3)22-14(21)20-10-6-16(4,7-11-20)12-19-13-17-8-5-9-18-13/h5-12H2,1-4H3,(H2,17,18,19). The number of hydrogen-bond donors (Lipinski definition) is 2. The largest absolute Gasteiger partial charge is 0.444 e. The number of nitrogens with zero attached hydrogens (tertiary/aromatic N) is 2. The van der Waals surface area contributed by atoms with E-state index in [2.05, 4.69) is 22.5 Å². The first kappa shape index (κ1) is 16.9. The molecule has 0 bridgehead atoms. The van der Waals surface area contributed by atoms with Gasteiger partial charge in [0.15, 0.2) is 5.96 Å². The van der Waals surface area contributed by atoms with Crippen LogP contribution in [0.4, 0.5) is 4.79 Å². The Labute approximate surface area is 133 Å². The van der Waals surface area contributed by atoms with E-state index < -0.39 is 5.60 Å². The fraction of sp³-hybridized carbons (Fsp3) is 0.875. The number of amides is 1. The molecule has 2 N–H and O–H groups in total. The second-order valence-corrected chi connectivity index (χ2v) is 7.64. The molecule has 0 aliphatic carbocycles. The quantitative estimate of drug-likeness (QED) is 0.818. The molecule has 2 rings (SSSR count). The van der Waals surface area contributed by atoms with Gasteiger partial charge >= 0.3 is 6.09 Å². The molecule has 2 heterocycles. The van der Waals surface area contributed by atoms with Gasteiger partial charge in [-0.15, -0.1) is 0 Å². The Morgan fingerprint density at radius 2 is 2.09 bits per heavy atom. The van der Waals surface area contributed by atoms with Gasteiger partial charge in [-0.1, -0.05) is 6.92 Å². The van der Waals surface area contributed by atoms with Crippen LogP contribution in [0.25, 0.3) is 0 Å². The highest BCUT2D eigenvalue weighted by molar-refractivity contribution is 5.80. The highest BCUT2D eigenvalue weighted by atomic mass is 16.6. The molecule has 1 amide bonds. The molecule has 0 aromatic heterocycles. The third-order valence-electron chi connectivity index (χ3n) is 4.20. The number of ether oxygens (including phenoxy) is 1. The van der Waals surface area contributed by atoms with Crippen molar-refractivity contribution in [2.75, 3.05) is 32.7 Å². The van der Waals surface area contributed by atoms with E-state index in [1.807, 2.05) is 25.7 Å². The number of carbonyl (C=O) groups excluding carboxylic acids is 1. The van der Waals surface area contributed by atoms with Crippen molar-refractivity contribution in [3.8, 4) is 0 Å². The van der Waals surface area contributed by atoms with Crippen LogP contribution >= 0.6 is 0 Å². The fourth-order valence-corrected chi connectivity index (χ4v) is 2.68. The second-order valence-electron chi connectivity index (χ2n) is 7.64. The number of nitrogens with one attached hydrogen (secondary N) is 2. The van der Waals surface area contributed by atoms with Gasteiger partial charge in [0.2, 0.25) is 0 Å². The van der Waals surface area contributed by atoms with E-state index in [-0.39, 0.29) is 11.5 Å². The number of aliphatic imine (C=N–C) groups is 1.